The summed E-state index contributed by atoms with van der Waals surface area (Å²) in [5.41, 5.74) is 5.50. The molecule has 1 amide bonds. The molecule has 0 radical (unpaired) electrons. The van der Waals surface area contributed by atoms with Gasteiger partial charge in [-0.25, -0.2) is 9.98 Å². The van der Waals surface area contributed by atoms with Crippen LogP contribution >= 0.6 is 23.2 Å². The largest absolute Gasteiger partial charge is 0.480 e. The third-order valence-electron chi connectivity index (χ3n) is 9.94. The average molecular weight is 735 g/mol. The lowest BCUT2D eigenvalue weighted by molar-refractivity contribution is -0.119. The molecule has 3 aliphatic rings. The second kappa shape index (κ2) is 17.1. The topological polar surface area (TPSA) is 123 Å². The van der Waals surface area contributed by atoms with Gasteiger partial charge in [-0.2, -0.15) is 0 Å². The predicted molar refractivity (Wildman–Crippen MR) is 202 cm³/mol. The van der Waals surface area contributed by atoms with E-state index in [0.29, 0.717) is 82.4 Å². The van der Waals surface area contributed by atoms with E-state index in [-0.39, 0.29) is 11.9 Å². The summed E-state index contributed by atoms with van der Waals surface area (Å²) in [5.74, 6) is 2.19. The molecular formula is C38H45Cl2N7O4. The number of nitrogens with zero attached hydrogens (tertiary/aromatic N) is 5. The van der Waals surface area contributed by atoms with Gasteiger partial charge in [-0.1, -0.05) is 59.6 Å². The number of ether oxygens (including phenoxy) is 3. The summed E-state index contributed by atoms with van der Waals surface area (Å²) >= 11 is 14.2. The Bertz CT molecular complexity index is 1810. The maximum absolute atomic E-state index is 11.5. The number of methoxy groups -OCH3 is 2. The molecular weight excluding hydrogens is 689 g/mol. The molecule has 3 atom stereocenters. The molecule has 3 aromatic rings. The van der Waals surface area contributed by atoms with Gasteiger partial charge in [0.2, 0.25) is 17.7 Å². The SMILES string of the molecule is C=N/C(CNC[C@@H]1CCC(=O)N1)=C(\N=C(/C)c1cccc(-c2cccc(-c3cnc(CN4CCC(C5CCOC5)C4)c(OC)n3)c2Cl)c1Cl)OC. The van der Waals surface area contributed by atoms with E-state index in [4.69, 9.17) is 52.4 Å². The Kier molecular flexibility index (Phi) is 12.4. The molecule has 3 aliphatic heterocycles. The van der Waals surface area contributed by atoms with Crippen molar-refractivity contribution >= 4 is 41.5 Å². The van der Waals surface area contributed by atoms with Crippen LogP contribution in [0.3, 0.4) is 0 Å². The van der Waals surface area contributed by atoms with Crippen LogP contribution in [0.1, 0.15) is 43.9 Å². The number of nitrogens with one attached hydrogen (secondary N) is 2. The summed E-state index contributed by atoms with van der Waals surface area (Å²) in [6.07, 6.45) is 5.44. The lowest BCUT2D eigenvalue weighted by Crippen LogP contribution is -2.36. The minimum absolute atomic E-state index is 0.0733. The van der Waals surface area contributed by atoms with Gasteiger partial charge in [0.15, 0.2) is 0 Å². The molecule has 2 N–H and O–H groups in total. The zero-order chi connectivity index (χ0) is 35.9. The second-order valence-corrected chi connectivity index (χ2v) is 14.0. The molecule has 6 rings (SSSR count). The highest BCUT2D eigenvalue weighted by Crippen LogP contribution is 2.40. The van der Waals surface area contributed by atoms with E-state index in [2.05, 4.69) is 27.2 Å². The minimum Gasteiger partial charge on any atom is -0.480 e. The number of hydrogen-bond donors (Lipinski definition) is 2. The molecule has 0 spiro atoms. The smallest absolute Gasteiger partial charge is 0.237 e. The molecule has 1 aromatic heterocycles. The highest BCUT2D eigenvalue weighted by Gasteiger charge is 2.32. The Morgan fingerprint density at radius 3 is 2.59 bits per heavy atom. The van der Waals surface area contributed by atoms with Crippen LogP contribution in [0.2, 0.25) is 10.0 Å². The van der Waals surface area contributed by atoms with Gasteiger partial charge < -0.3 is 24.8 Å². The Hall–Kier alpha value is -3.87. The van der Waals surface area contributed by atoms with Crippen LogP contribution in [0.25, 0.3) is 22.4 Å². The summed E-state index contributed by atoms with van der Waals surface area (Å²) in [6, 6.07) is 11.6. The third-order valence-corrected chi connectivity index (χ3v) is 10.8. The van der Waals surface area contributed by atoms with Crippen molar-refractivity contribution in [3.05, 3.63) is 75.5 Å². The third kappa shape index (κ3) is 8.61. The summed E-state index contributed by atoms with van der Waals surface area (Å²) < 4.78 is 17.0. The van der Waals surface area contributed by atoms with Crippen molar-refractivity contribution in [2.75, 3.05) is 53.6 Å². The number of rotatable bonds is 14. The molecule has 0 aliphatic carbocycles. The van der Waals surface area contributed by atoms with Crippen LogP contribution in [-0.4, -0.2) is 92.9 Å². The van der Waals surface area contributed by atoms with Gasteiger partial charge in [-0.15, -0.1) is 0 Å². The Labute approximate surface area is 309 Å². The zero-order valence-electron chi connectivity index (χ0n) is 29.4. The summed E-state index contributed by atoms with van der Waals surface area (Å²) in [4.78, 5) is 32.5. The standard InChI is InChI=1S/C38H45Cl2N7O4/c1-23(44-37(49-3)32(41-2)18-42-17-26-11-12-34(48)45-26)27-7-5-8-28(35(27)39)29-9-6-10-30(36(29)40)31-19-43-33(38(46-31)50-4)21-47-15-13-24(20-47)25-14-16-51-22-25/h5-10,19,24-26,42H,2,11-18,20-22H2,1,3-4H3,(H,45,48)/b37-32+,44-23+/t24?,25?,26-/m0/s1. The lowest BCUT2D eigenvalue weighted by Gasteiger charge is -2.19. The molecule has 3 saturated heterocycles. The van der Waals surface area contributed by atoms with Crippen LogP contribution in [0.5, 0.6) is 5.88 Å². The average Bonchev–Trinajstić information content (AvgIpc) is 3.93. The first kappa shape index (κ1) is 36.9. The quantitative estimate of drug-likeness (QED) is 0.149. The first-order chi connectivity index (χ1) is 24.8. The van der Waals surface area contributed by atoms with Crippen molar-refractivity contribution in [2.24, 2.45) is 21.8 Å². The van der Waals surface area contributed by atoms with Gasteiger partial charge in [-0.3, -0.25) is 19.7 Å². The molecule has 13 heteroatoms. The van der Waals surface area contributed by atoms with Crippen LogP contribution in [0.15, 0.2) is 64.2 Å². The van der Waals surface area contributed by atoms with Gasteiger partial charge in [0.1, 0.15) is 11.4 Å². The van der Waals surface area contributed by atoms with Crippen molar-refractivity contribution in [2.45, 2.75) is 45.2 Å². The number of amides is 1. The van der Waals surface area contributed by atoms with E-state index in [1.807, 2.05) is 43.3 Å². The number of halogens is 2. The van der Waals surface area contributed by atoms with Gasteiger partial charge in [0, 0.05) is 74.1 Å². The van der Waals surface area contributed by atoms with Crippen LogP contribution < -0.4 is 15.4 Å². The molecule has 51 heavy (non-hydrogen) atoms. The first-order valence-electron chi connectivity index (χ1n) is 17.4. The van der Waals surface area contributed by atoms with Crippen LogP contribution in [0.4, 0.5) is 0 Å². The molecule has 2 aromatic carbocycles. The van der Waals surface area contributed by atoms with Gasteiger partial charge in [-0.05, 0) is 51.3 Å². The summed E-state index contributed by atoms with van der Waals surface area (Å²) in [7, 11) is 3.16. The maximum atomic E-state index is 11.5. The first-order valence-corrected chi connectivity index (χ1v) is 18.1. The summed E-state index contributed by atoms with van der Waals surface area (Å²) in [6.45, 7) is 11.0. The van der Waals surface area contributed by atoms with Crippen molar-refractivity contribution in [3.63, 3.8) is 0 Å². The van der Waals surface area contributed by atoms with Crippen molar-refractivity contribution in [3.8, 4) is 28.3 Å². The fraction of sp³-hybridized carbons (Fsp3) is 0.447. The Balaban J connectivity index is 1.20. The van der Waals surface area contributed by atoms with Gasteiger partial charge in [0.05, 0.1) is 41.9 Å². The van der Waals surface area contributed by atoms with E-state index in [1.165, 1.54) is 13.5 Å². The fourth-order valence-electron chi connectivity index (χ4n) is 7.12. The normalized spacial score (nSPS) is 21.5. The monoisotopic (exact) mass is 733 g/mol. The number of likely N-dealkylation sites (tertiary alicyclic amines) is 1. The highest BCUT2D eigenvalue weighted by molar-refractivity contribution is 6.39. The Morgan fingerprint density at radius 1 is 1.10 bits per heavy atom. The van der Waals surface area contributed by atoms with Crippen molar-refractivity contribution < 1.29 is 19.0 Å². The molecule has 2 unspecified atom stereocenters. The van der Waals surface area contributed by atoms with Crippen LogP contribution in [0, 0.1) is 11.8 Å². The molecule has 0 bridgehead atoms. The van der Waals surface area contributed by atoms with Crippen LogP contribution in [-0.2, 0) is 20.8 Å². The second-order valence-electron chi connectivity index (χ2n) is 13.2. The number of benzene rings is 2. The molecule has 270 valence electrons. The summed E-state index contributed by atoms with van der Waals surface area (Å²) in [5, 5.41) is 7.25. The predicted octanol–water partition coefficient (Wildman–Crippen LogP) is 6.18. The lowest BCUT2D eigenvalue weighted by atomic mass is 9.91. The van der Waals surface area contributed by atoms with Crippen molar-refractivity contribution in [1.29, 1.82) is 0 Å². The molecule has 0 saturated carbocycles. The van der Waals surface area contributed by atoms with Gasteiger partial charge in [0.25, 0.3) is 0 Å². The minimum atomic E-state index is 0.0733. The van der Waals surface area contributed by atoms with Crippen molar-refractivity contribution in [1.82, 2.24) is 25.5 Å². The zero-order valence-corrected chi connectivity index (χ0v) is 30.9. The van der Waals surface area contributed by atoms with E-state index in [9.17, 15) is 4.79 Å². The molecule has 3 fully saturated rings. The maximum Gasteiger partial charge on any atom is 0.237 e. The van der Waals surface area contributed by atoms with E-state index in [1.54, 1.807) is 13.3 Å². The van der Waals surface area contributed by atoms with E-state index in [0.717, 1.165) is 61.5 Å². The fourth-order valence-corrected chi connectivity index (χ4v) is 7.81. The number of hydrogen-bond acceptors (Lipinski definition) is 10. The number of carbonyl (C=O) groups is 1. The van der Waals surface area contributed by atoms with E-state index < -0.39 is 0 Å². The number of aliphatic imine (C=N–C) groups is 2. The highest BCUT2D eigenvalue weighted by atomic mass is 35.5. The molecule has 11 nitrogen and oxygen atoms in total. The number of carbonyl (C=O) groups excluding carboxylic acids is 1. The molecule has 4 heterocycles. The van der Waals surface area contributed by atoms with Gasteiger partial charge >= 0.3 is 0 Å². The number of aromatic nitrogens is 2. The van der Waals surface area contributed by atoms with E-state index >= 15 is 0 Å². The Morgan fingerprint density at radius 2 is 1.88 bits per heavy atom.